The van der Waals surface area contributed by atoms with E-state index in [-0.39, 0.29) is 12.3 Å². The minimum Gasteiger partial charge on any atom is -0.399 e. The highest BCUT2D eigenvalue weighted by atomic mass is 16.7. The molecule has 1 fully saturated rings. The van der Waals surface area contributed by atoms with Gasteiger partial charge in [-0.3, -0.25) is 4.79 Å². The molecular weight excluding hydrogens is 267 g/mol. The van der Waals surface area contributed by atoms with Gasteiger partial charge in [-0.1, -0.05) is 6.07 Å². The molecule has 0 spiro atoms. The Kier molecular flexibility index (Phi) is 2.91. The number of carbonyl (C=O) groups is 1. The van der Waals surface area contributed by atoms with Crippen LogP contribution in [0.2, 0.25) is 0 Å². The van der Waals surface area contributed by atoms with Crippen molar-refractivity contribution >= 4 is 24.2 Å². The summed E-state index contributed by atoms with van der Waals surface area (Å²) < 4.78 is 12.0. The number of nitrogens with one attached hydrogen (secondary N) is 1. The van der Waals surface area contributed by atoms with Crippen LogP contribution in [0.4, 0.5) is 5.69 Å². The van der Waals surface area contributed by atoms with E-state index in [0.29, 0.717) is 11.3 Å². The smallest absolute Gasteiger partial charge is 0.399 e. The third kappa shape index (κ3) is 2.13. The number of hydrogen-bond donors (Lipinski definition) is 1. The summed E-state index contributed by atoms with van der Waals surface area (Å²) >= 11 is 0. The summed E-state index contributed by atoms with van der Waals surface area (Å²) in [5.41, 5.74) is 1.80. The van der Waals surface area contributed by atoms with Crippen molar-refractivity contribution < 1.29 is 14.1 Å². The average Bonchev–Trinajstić information content (AvgIpc) is 2.85. The standard InChI is InChI=1S/C15H17BN2O3/c1-14(2)15(3,4)21-16(20-14)11-5-9-7-12(19)18-13(9)10(6-11)8-17/h5-6H,7H2,1-4H3,(H,18,19). The van der Waals surface area contributed by atoms with E-state index in [9.17, 15) is 10.1 Å². The first-order chi connectivity index (χ1) is 9.73. The zero-order valence-electron chi connectivity index (χ0n) is 12.6. The molecule has 5 nitrogen and oxygen atoms in total. The summed E-state index contributed by atoms with van der Waals surface area (Å²) in [4.78, 5) is 11.5. The second kappa shape index (κ2) is 4.33. The number of anilines is 1. The predicted molar refractivity (Wildman–Crippen MR) is 79.2 cm³/mol. The van der Waals surface area contributed by atoms with Crippen LogP contribution in [-0.4, -0.2) is 24.2 Å². The lowest BCUT2D eigenvalue weighted by molar-refractivity contribution is -0.115. The van der Waals surface area contributed by atoms with Crippen LogP contribution < -0.4 is 10.8 Å². The largest absolute Gasteiger partial charge is 0.494 e. The number of fused-ring (bicyclic) bond motifs is 1. The van der Waals surface area contributed by atoms with Gasteiger partial charge in [0.2, 0.25) is 5.91 Å². The molecule has 108 valence electrons. The van der Waals surface area contributed by atoms with E-state index in [1.807, 2.05) is 33.8 Å². The van der Waals surface area contributed by atoms with Gasteiger partial charge in [-0.15, -0.1) is 0 Å². The van der Waals surface area contributed by atoms with Crippen molar-refractivity contribution in [2.75, 3.05) is 5.32 Å². The molecule has 0 unspecified atom stereocenters. The van der Waals surface area contributed by atoms with Crippen molar-refractivity contribution in [1.82, 2.24) is 0 Å². The van der Waals surface area contributed by atoms with E-state index in [2.05, 4.69) is 11.4 Å². The van der Waals surface area contributed by atoms with Crippen LogP contribution in [0.25, 0.3) is 0 Å². The molecule has 0 bridgehead atoms. The summed E-state index contributed by atoms with van der Waals surface area (Å²) in [5, 5.41) is 12.0. The molecule has 1 aromatic rings. The van der Waals surface area contributed by atoms with Gasteiger partial charge in [0.25, 0.3) is 0 Å². The molecule has 0 radical (unpaired) electrons. The van der Waals surface area contributed by atoms with Gasteiger partial charge in [0, 0.05) is 0 Å². The Labute approximate surface area is 124 Å². The summed E-state index contributed by atoms with van der Waals surface area (Å²) in [6.45, 7) is 7.93. The van der Waals surface area contributed by atoms with Crippen LogP contribution >= 0.6 is 0 Å². The quantitative estimate of drug-likeness (QED) is 0.790. The Hall–Kier alpha value is -1.84. The molecule has 0 aromatic heterocycles. The molecule has 6 heteroatoms. The first-order valence-electron chi connectivity index (χ1n) is 6.96. The summed E-state index contributed by atoms with van der Waals surface area (Å²) in [6, 6.07) is 5.74. The monoisotopic (exact) mass is 284 g/mol. The van der Waals surface area contributed by atoms with Gasteiger partial charge in [0.15, 0.2) is 0 Å². The molecule has 0 aliphatic carbocycles. The second-order valence-electron chi connectivity index (χ2n) is 6.53. The highest BCUT2D eigenvalue weighted by Crippen LogP contribution is 2.37. The molecule has 2 heterocycles. The lowest BCUT2D eigenvalue weighted by Crippen LogP contribution is -2.41. The van der Waals surface area contributed by atoms with Gasteiger partial charge in [0.1, 0.15) is 6.07 Å². The second-order valence-corrected chi connectivity index (χ2v) is 6.53. The highest BCUT2D eigenvalue weighted by Gasteiger charge is 2.52. The topological polar surface area (TPSA) is 71.3 Å². The minimum atomic E-state index is -0.525. The number of amides is 1. The fraction of sp³-hybridized carbons (Fsp3) is 0.467. The van der Waals surface area contributed by atoms with E-state index in [0.717, 1.165) is 11.0 Å². The Morgan fingerprint density at radius 3 is 2.43 bits per heavy atom. The SMILES string of the molecule is CC1(C)OB(c2cc(C#N)c3c(c2)CC(=O)N3)OC1(C)C. The first kappa shape index (κ1) is 14.1. The molecule has 21 heavy (non-hydrogen) atoms. The number of benzene rings is 1. The van der Waals surface area contributed by atoms with Crippen LogP contribution in [-0.2, 0) is 20.5 Å². The molecule has 3 rings (SSSR count). The zero-order valence-corrected chi connectivity index (χ0v) is 12.6. The normalized spacial score (nSPS) is 21.9. The van der Waals surface area contributed by atoms with E-state index in [1.165, 1.54) is 0 Å². The van der Waals surface area contributed by atoms with Gasteiger partial charge >= 0.3 is 7.12 Å². The van der Waals surface area contributed by atoms with Crippen molar-refractivity contribution in [3.05, 3.63) is 23.3 Å². The Morgan fingerprint density at radius 2 is 1.86 bits per heavy atom. The van der Waals surface area contributed by atoms with Gasteiger partial charge in [0.05, 0.1) is 28.9 Å². The maximum atomic E-state index is 11.5. The van der Waals surface area contributed by atoms with Crippen molar-refractivity contribution in [1.29, 1.82) is 5.26 Å². The third-order valence-corrected chi connectivity index (χ3v) is 4.50. The number of hydrogen-bond acceptors (Lipinski definition) is 4. The maximum absolute atomic E-state index is 11.5. The van der Waals surface area contributed by atoms with Gasteiger partial charge < -0.3 is 14.6 Å². The van der Waals surface area contributed by atoms with E-state index in [4.69, 9.17) is 9.31 Å². The lowest BCUT2D eigenvalue weighted by atomic mass is 9.77. The van der Waals surface area contributed by atoms with Crippen LogP contribution in [0.5, 0.6) is 0 Å². The van der Waals surface area contributed by atoms with Crippen LogP contribution in [0.1, 0.15) is 38.8 Å². The van der Waals surface area contributed by atoms with Crippen LogP contribution in [0, 0.1) is 11.3 Å². The van der Waals surface area contributed by atoms with Crippen molar-refractivity contribution in [2.24, 2.45) is 0 Å². The molecule has 0 saturated carbocycles. The van der Waals surface area contributed by atoms with Gasteiger partial charge in [-0.2, -0.15) is 5.26 Å². The Morgan fingerprint density at radius 1 is 1.24 bits per heavy atom. The number of rotatable bonds is 1. The third-order valence-electron chi connectivity index (χ3n) is 4.50. The zero-order chi connectivity index (χ0) is 15.4. The van der Waals surface area contributed by atoms with E-state index < -0.39 is 18.3 Å². The fourth-order valence-corrected chi connectivity index (χ4v) is 2.57. The lowest BCUT2D eigenvalue weighted by Gasteiger charge is -2.32. The molecule has 1 amide bonds. The van der Waals surface area contributed by atoms with E-state index >= 15 is 0 Å². The first-order valence-corrected chi connectivity index (χ1v) is 6.96. The fourth-order valence-electron chi connectivity index (χ4n) is 2.57. The molecular formula is C15H17BN2O3. The minimum absolute atomic E-state index is 0.0902. The number of nitrogens with zero attached hydrogens (tertiary/aromatic N) is 1. The summed E-state index contributed by atoms with van der Waals surface area (Å²) in [5.74, 6) is -0.0902. The van der Waals surface area contributed by atoms with Crippen LogP contribution in [0.3, 0.4) is 0 Å². The number of nitriles is 1. The van der Waals surface area contributed by atoms with E-state index in [1.54, 1.807) is 6.07 Å². The molecule has 0 atom stereocenters. The van der Waals surface area contributed by atoms with Crippen molar-refractivity contribution in [2.45, 2.75) is 45.3 Å². The molecule has 1 aromatic carbocycles. The highest BCUT2D eigenvalue weighted by molar-refractivity contribution is 6.62. The molecule has 1 saturated heterocycles. The predicted octanol–water partition coefficient (Wildman–Crippen LogP) is 1.35. The maximum Gasteiger partial charge on any atom is 0.494 e. The average molecular weight is 284 g/mol. The summed E-state index contributed by atoms with van der Waals surface area (Å²) in [7, 11) is -0.525. The Bertz CT molecular complexity index is 660. The number of carbonyl (C=O) groups excluding carboxylic acids is 1. The summed E-state index contributed by atoms with van der Waals surface area (Å²) in [6.07, 6.45) is 0.289. The van der Waals surface area contributed by atoms with Gasteiger partial charge in [-0.25, -0.2) is 0 Å². The molecule has 2 aliphatic rings. The molecule has 2 aliphatic heterocycles. The van der Waals surface area contributed by atoms with Crippen molar-refractivity contribution in [3.63, 3.8) is 0 Å². The molecule has 1 N–H and O–H groups in total. The Balaban J connectivity index is 2.01. The van der Waals surface area contributed by atoms with Crippen molar-refractivity contribution in [3.8, 4) is 6.07 Å². The van der Waals surface area contributed by atoms with Crippen LogP contribution in [0.15, 0.2) is 12.1 Å². The van der Waals surface area contributed by atoms with Gasteiger partial charge in [-0.05, 0) is 44.8 Å².